The van der Waals surface area contributed by atoms with Crippen LogP contribution in [-0.2, 0) is 21.0 Å². The van der Waals surface area contributed by atoms with Crippen LogP contribution in [0.15, 0.2) is 53.4 Å². The molecule has 3 N–H and O–H groups in total. The van der Waals surface area contributed by atoms with E-state index in [2.05, 4.69) is 5.10 Å². The van der Waals surface area contributed by atoms with Crippen molar-refractivity contribution in [2.75, 3.05) is 0 Å². The van der Waals surface area contributed by atoms with Crippen LogP contribution >= 0.6 is 0 Å². The summed E-state index contributed by atoms with van der Waals surface area (Å²) in [6.07, 6.45) is -5.04. The number of aromatic nitrogens is 2. The van der Waals surface area contributed by atoms with Gasteiger partial charge in [0, 0.05) is 11.1 Å². The zero-order valence-electron chi connectivity index (χ0n) is 17.1. The highest BCUT2D eigenvalue weighted by atomic mass is 32.2. The summed E-state index contributed by atoms with van der Waals surface area (Å²) in [6.45, 7) is 3.09. The number of aliphatic carboxylic acids is 1. The fourth-order valence-corrected chi connectivity index (χ4v) is 4.01. The third-order valence-electron chi connectivity index (χ3n) is 5.02. The van der Waals surface area contributed by atoms with Crippen LogP contribution in [0.5, 0.6) is 0 Å². The Morgan fingerprint density at radius 1 is 1.16 bits per heavy atom. The average molecular weight is 467 g/mol. The zero-order chi connectivity index (χ0) is 23.8. The minimum atomic E-state index is -4.91. The Bertz CT molecular complexity index is 1270. The molecule has 0 saturated heterocycles. The van der Waals surface area contributed by atoms with Gasteiger partial charge in [0.15, 0.2) is 5.69 Å². The van der Waals surface area contributed by atoms with E-state index in [4.69, 9.17) is 5.14 Å². The van der Waals surface area contributed by atoms with Crippen molar-refractivity contribution in [2.45, 2.75) is 37.4 Å². The van der Waals surface area contributed by atoms with Crippen LogP contribution in [0.1, 0.15) is 30.6 Å². The summed E-state index contributed by atoms with van der Waals surface area (Å²) in [6, 6.07) is 9.72. The van der Waals surface area contributed by atoms with E-state index in [0.29, 0.717) is 10.2 Å². The van der Waals surface area contributed by atoms with Crippen molar-refractivity contribution in [1.29, 1.82) is 0 Å². The lowest BCUT2D eigenvalue weighted by atomic mass is 9.95. The van der Waals surface area contributed by atoms with Crippen LogP contribution in [0.4, 0.5) is 13.2 Å². The maximum absolute atomic E-state index is 14.3. The number of rotatable bonds is 6. The summed E-state index contributed by atoms with van der Waals surface area (Å²) in [5.41, 5.74) is -0.641. The molecule has 0 aliphatic heterocycles. The largest absolute Gasteiger partial charge is 0.480 e. The van der Waals surface area contributed by atoms with Gasteiger partial charge in [0.1, 0.15) is 11.7 Å². The van der Waals surface area contributed by atoms with Gasteiger partial charge in [0.05, 0.1) is 4.90 Å². The van der Waals surface area contributed by atoms with Crippen LogP contribution < -0.4 is 5.14 Å². The number of carboxylic acids is 1. The third-order valence-corrected chi connectivity index (χ3v) is 5.95. The molecular weight excluding hydrogens is 447 g/mol. The molecule has 170 valence electrons. The highest BCUT2D eigenvalue weighted by Gasteiger charge is 2.43. The Morgan fingerprint density at radius 3 is 2.22 bits per heavy atom. The van der Waals surface area contributed by atoms with E-state index in [1.54, 1.807) is 25.1 Å². The summed E-state index contributed by atoms with van der Waals surface area (Å²) in [7, 11) is -4.01. The van der Waals surface area contributed by atoms with Crippen molar-refractivity contribution in [3.05, 3.63) is 59.8 Å². The van der Waals surface area contributed by atoms with Gasteiger partial charge >= 0.3 is 12.1 Å². The molecule has 11 heteroatoms. The lowest BCUT2D eigenvalue weighted by Gasteiger charge is -2.17. The van der Waals surface area contributed by atoms with Gasteiger partial charge < -0.3 is 5.11 Å². The molecule has 3 rings (SSSR count). The number of nitrogens with zero attached hydrogens (tertiary/aromatic N) is 2. The van der Waals surface area contributed by atoms with Crippen molar-refractivity contribution in [3.8, 4) is 22.4 Å². The Balaban J connectivity index is 2.42. The fraction of sp³-hybridized carbons (Fsp3) is 0.238. The molecule has 1 heterocycles. The lowest BCUT2D eigenvalue weighted by Crippen LogP contribution is -2.25. The maximum Gasteiger partial charge on any atom is 0.433 e. The number of nitrogens with two attached hydrogens (primary N) is 1. The molecular formula is C21H20F3N3O4S. The molecule has 0 aliphatic rings. The predicted octanol–water partition coefficient (Wildman–Crippen LogP) is 4.23. The number of halogens is 3. The van der Waals surface area contributed by atoms with E-state index in [-0.39, 0.29) is 33.7 Å². The minimum Gasteiger partial charge on any atom is -0.480 e. The number of primary sulfonamides is 1. The molecule has 0 radical (unpaired) electrons. The number of aryl methyl sites for hydroxylation is 1. The summed E-state index contributed by atoms with van der Waals surface area (Å²) in [5.74, 6) is -1.45. The Morgan fingerprint density at radius 2 is 1.75 bits per heavy atom. The van der Waals surface area contributed by atoms with Gasteiger partial charge in [0.25, 0.3) is 0 Å². The van der Waals surface area contributed by atoms with E-state index < -0.39 is 33.9 Å². The number of hydrogen-bond donors (Lipinski definition) is 2. The zero-order valence-corrected chi connectivity index (χ0v) is 17.9. The molecule has 0 fully saturated rings. The molecule has 2 aromatic carbocycles. The van der Waals surface area contributed by atoms with Crippen LogP contribution in [-0.4, -0.2) is 29.3 Å². The Kier molecular flexibility index (Phi) is 6.16. The molecule has 3 aromatic rings. The van der Waals surface area contributed by atoms with Crippen molar-refractivity contribution >= 4 is 16.0 Å². The number of hydrogen-bond acceptors (Lipinski definition) is 4. The molecule has 0 amide bonds. The maximum atomic E-state index is 14.3. The second-order valence-corrected chi connectivity index (χ2v) is 8.72. The molecule has 0 aliphatic carbocycles. The average Bonchev–Trinajstić information content (AvgIpc) is 3.08. The van der Waals surface area contributed by atoms with E-state index in [9.17, 15) is 31.5 Å². The van der Waals surface area contributed by atoms with E-state index in [1.165, 1.54) is 25.1 Å². The number of benzene rings is 2. The molecule has 1 atom stereocenters. The van der Waals surface area contributed by atoms with Crippen molar-refractivity contribution < 1.29 is 31.5 Å². The topological polar surface area (TPSA) is 115 Å². The fourth-order valence-electron chi connectivity index (χ4n) is 3.50. The number of sulfonamides is 1. The van der Waals surface area contributed by atoms with Gasteiger partial charge in [-0.05, 0) is 36.6 Å². The Hall–Kier alpha value is -3.18. The molecule has 7 nitrogen and oxygen atoms in total. The third kappa shape index (κ3) is 4.39. The highest BCUT2D eigenvalue weighted by Crippen LogP contribution is 2.45. The first-order chi connectivity index (χ1) is 14.9. The van der Waals surface area contributed by atoms with E-state index in [0.717, 1.165) is 12.1 Å². The molecule has 1 unspecified atom stereocenters. The standard InChI is InChI=1S/C21H20F3N3O4S/c1-3-16(20(28)29)27-19(21(22,23)24)17(15-7-5-4-6-12(15)2)18(26-27)13-8-10-14(11-9-13)32(25,30)31/h4-11,16H,3H2,1-2H3,(H,28,29)(H2,25,30,31). The van der Waals surface area contributed by atoms with Gasteiger partial charge in [0.2, 0.25) is 10.0 Å². The first-order valence-corrected chi connectivity index (χ1v) is 11.0. The van der Waals surface area contributed by atoms with Gasteiger partial charge in [-0.1, -0.05) is 43.3 Å². The van der Waals surface area contributed by atoms with Gasteiger partial charge in [-0.15, -0.1) is 0 Å². The van der Waals surface area contributed by atoms with Gasteiger partial charge in [-0.2, -0.15) is 18.3 Å². The number of carbonyl (C=O) groups is 1. The van der Waals surface area contributed by atoms with Crippen LogP contribution in [0, 0.1) is 6.92 Å². The quantitative estimate of drug-likeness (QED) is 0.563. The molecule has 1 aromatic heterocycles. The van der Waals surface area contributed by atoms with E-state index in [1.807, 2.05) is 0 Å². The summed E-state index contributed by atoms with van der Waals surface area (Å²) in [4.78, 5) is 11.5. The normalized spacial score (nSPS) is 13.2. The minimum absolute atomic E-state index is 0.118. The van der Waals surface area contributed by atoms with Gasteiger partial charge in [-0.3, -0.25) is 0 Å². The second kappa shape index (κ2) is 8.40. The number of carboxylic acid groups (broad SMARTS) is 1. The van der Waals surface area contributed by atoms with Crippen LogP contribution in [0.3, 0.4) is 0 Å². The molecule has 0 bridgehead atoms. The van der Waals surface area contributed by atoms with E-state index >= 15 is 0 Å². The summed E-state index contributed by atoms with van der Waals surface area (Å²) in [5, 5.41) is 18.7. The first kappa shape index (κ1) is 23.5. The SMILES string of the molecule is CCC(C(=O)O)n1nc(-c2ccc(S(N)(=O)=O)cc2)c(-c2ccccc2C)c1C(F)(F)F. The first-order valence-electron chi connectivity index (χ1n) is 9.48. The second-order valence-electron chi connectivity index (χ2n) is 7.16. The number of alkyl halides is 3. The summed E-state index contributed by atoms with van der Waals surface area (Å²) < 4.78 is 66.5. The van der Waals surface area contributed by atoms with Gasteiger partial charge in [-0.25, -0.2) is 23.0 Å². The Labute approximate surface area is 182 Å². The molecule has 32 heavy (non-hydrogen) atoms. The predicted molar refractivity (Wildman–Crippen MR) is 111 cm³/mol. The smallest absolute Gasteiger partial charge is 0.433 e. The summed E-state index contributed by atoms with van der Waals surface area (Å²) >= 11 is 0. The lowest BCUT2D eigenvalue weighted by molar-refractivity contribution is -0.149. The molecule has 0 saturated carbocycles. The highest BCUT2D eigenvalue weighted by molar-refractivity contribution is 7.89. The monoisotopic (exact) mass is 467 g/mol. The van der Waals surface area contributed by atoms with Crippen molar-refractivity contribution in [3.63, 3.8) is 0 Å². The van der Waals surface area contributed by atoms with Crippen molar-refractivity contribution in [1.82, 2.24) is 9.78 Å². The van der Waals surface area contributed by atoms with Crippen molar-refractivity contribution in [2.24, 2.45) is 5.14 Å². The molecule has 0 spiro atoms. The van der Waals surface area contributed by atoms with Crippen LogP contribution in [0.2, 0.25) is 0 Å². The van der Waals surface area contributed by atoms with Crippen LogP contribution in [0.25, 0.3) is 22.4 Å².